The van der Waals surface area contributed by atoms with Crippen molar-refractivity contribution in [1.29, 1.82) is 0 Å². The van der Waals surface area contributed by atoms with Gasteiger partial charge in [0.25, 0.3) is 0 Å². The van der Waals surface area contributed by atoms with Crippen LogP contribution in [0.5, 0.6) is 0 Å². The molecular formula is C9H20N2O2. The van der Waals surface area contributed by atoms with Crippen molar-refractivity contribution in [3.05, 3.63) is 0 Å². The first kappa shape index (κ1) is 12.2. The van der Waals surface area contributed by atoms with Crippen molar-refractivity contribution in [2.45, 2.75) is 32.7 Å². The van der Waals surface area contributed by atoms with Crippen molar-refractivity contribution in [1.82, 2.24) is 10.2 Å². The molecule has 4 heteroatoms. The fourth-order valence-electron chi connectivity index (χ4n) is 0.963. The summed E-state index contributed by atoms with van der Waals surface area (Å²) in [5, 5.41) is 11.6. The van der Waals surface area contributed by atoms with Crippen LogP contribution in [0.25, 0.3) is 0 Å². The van der Waals surface area contributed by atoms with E-state index in [0.29, 0.717) is 13.0 Å². The molecule has 0 aliphatic heterocycles. The van der Waals surface area contributed by atoms with Crippen LogP contribution in [0.4, 0.5) is 4.79 Å². The van der Waals surface area contributed by atoms with Gasteiger partial charge in [-0.25, -0.2) is 4.79 Å². The maximum Gasteiger partial charge on any atom is 0.317 e. The van der Waals surface area contributed by atoms with Crippen LogP contribution in [0.1, 0.15) is 26.7 Å². The molecule has 0 bridgehead atoms. The average molecular weight is 188 g/mol. The first-order valence-electron chi connectivity index (χ1n) is 4.78. The highest BCUT2D eigenvalue weighted by molar-refractivity contribution is 5.74. The van der Waals surface area contributed by atoms with Crippen molar-refractivity contribution in [3.63, 3.8) is 0 Å². The topological polar surface area (TPSA) is 52.6 Å². The highest BCUT2D eigenvalue weighted by Crippen LogP contribution is 1.97. The van der Waals surface area contributed by atoms with Gasteiger partial charge in [-0.05, 0) is 19.8 Å². The summed E-state index contributed by atoms with van der Waals surface area (Å²) in [7, 11) is 1.75. The molecule has 13 heavy (non-hydrogen) atoms. The number of nitrogens with zero attached hydrogens (tertiary/aromatic N) is 1. The maximum absolute atomic E-state index is 11.4. The molecule has 1 atom stereocenters. The standard InChI is InChI=1S/C9H20N2O2/c1-4-8(6-7-12)10-9(13)11(3)5-2/h8,12H,4-7H2,1-3H3,(H,10,13). The molecule has 78 valence electrons. The molecule has 0 radical (unpaired) electrons. The quantitative estimate of drug-likeness (QED) is 0.670. The van der Waals surface area contributed by atoms with Crippen LogP contribution >= 0.6 is 0 Å². The van der Waals surface area contributed by atoms with Crippen molar-refractivity contribution in [3.8, 4) is 0 Å². The average Bonchev–Trinajstić information content (AvgIpc) is 2.15. The van der Waals surface area contributed by atoms with Crippen LogP contribution in [0.15, 0.2) is 0 Å². The van der Waals surface area contributed by atoms with E-state index in [1.807, 2.05) is 13.8 Å². The van der Waals surface area contributed by atoms with Crippen molar-refractivity contribution < 1.29 is 9.90 Å². The Labute approximate surface area is 79.9 Å². The molecule has 0 aliphatic rings. The number of urea groups is 1. The first-order chi connectivity index (χ1) is 6.15. The molecule has 0 saturated carbocycles. The predicted octanol–water partition coefficient (Wildman–Crippen LogP) is 0.809. The largest absolute Gasteiger partial charge is 0.396 e. The van der Waals surface area contributed by atoms with Gasteiger partial charge in [-0.15, -0.1) is 0 Å². The van der Waals surface area contributed by atoms with Crippen molar-refractivity contribution >= 4 is 6.03 Å². The van der Waals surface area contributed by atoms with E-state index in [1.54, 1.807) is 11.9 Å². The Kier molecular flexibility index (Phi) is 6.32. The van der Waals surface area contributed by atoms with Crippen LogP contribution in [-0.4, -0.2) is 42.3 Å². The zero-order valence-electron chi connectivity index (χ0n) is 8.71. The highest BCUT2D eigenvalue weighted by atomic mass is 16.3. The van der Waals surface area contributed by atoms with Crippen LogP contribution in [0.2, 0.25) is 0 Å². The molecule has 2 amide bonds. The second-order valence-corrected chi connectivity index (χ2v) is 3.08. The fourth-order valence-corrected chi connectivity index (χ4v) is 0.963. The zero-order valence-corrected chi connectivity index (χ0v) is 8.71. The molecule has 2 N–H and O–H groups in total. The molecule has 1 unspecified atom stereocenters. The summed E-state index contributed by atoms with van der Waals surface area (Å²) in [5.41, 5.74) is 0. The molecule has 0 aliphatic carbocycles. The van der Waals surface area contributed by atoms with E-state index in [-0.39, 0.29) is 18.7 Å². The van der Waals surface area contributed by atoms with E-state index in [4.69, 9.17) is 5.11 Å². The minimum absolute atomic E-state index is 0.0669. The molecule has 0 spiro atoms. The van der Waals surface area contributed by atoms with Gasteiger partial charge in [0.2, 0.25) is 0 Å². The van der Waals surface area contributed by atoms with Crippen LogP contribution in [0, 0.1) is 0 Å². The lowest BCUT2D eigenvalue weighted by molar-refractivity contribution is 0.201. The molecular weight excluding hydrogens is 168 g/mol. The van der Waals surface area contributed by atoms with Gasteiger partial charge < -0.3 is 15.3 Å². The van der Waals surface area contributed by atoms with E-state index >= 15 is 0 Å². The Morgan fingerprint density at radius 1 is 1.54 bits per heavy atom. The van der Waals surface area contributed by atoms with Crippen molar-refractivity contribution in [2.75, 3.05) is 20.2 Å². The van der Waals surface area contributed by atoms with Crippen molar-refractivity contribution in [2.24, 2.45) is 0 Å². The lowest BCUT2D eigenvalue weighted by Gasteiger charge is -2.21. The minimum atomic E-state index is -0.0669. The van der Waals surface area contributed by atoms with Crippen LogP contribution in [0.3, 0.4) is 0 Å². The molecule has 0 rings (SSSR count). The summed E-state index contributed by atoms with van der Waals surface area (Å²) in [6.07, 6.45) is 1.48. The summed E-state index contributed by atoms with van der Waals surface area (Å²) < 4.78 is 0. The third-order valence-electron chi connectivity index (χ3n) is 2.12. The lowest BCUT2D eigenvalue weighted by Crippen LogP contribution is -2.43. The molecule has 0 saturated heterocycles. The number of hydrogen-bond donors (Lipinski definition) is 2. The van der Waals surface area contributed by atoms with Gasteiger partial charge in [0.1, 0.15) is 0 Å². The molecule has 0 aromatic rings. The highest BCUT2D eigenvalue weighted by Gasteiger charge is 2.11. The Hall–Kier alpha value is -0.770. The number of nitrogens with one attached hydrogen (secondary N) is 1. The van der Waals surface area contributed by atoms with E-state index in [9.17, 15) is 4.79 Å². The van der Waals surface area contributed by atoms with Gasteiger partial charge in [-0.2, -0.15) is 0 Å². The minimum Gasteiger partial charge on any atom is -0.396 e. The zero-order chi connectivity index (χ0) is 10.3. The molecule has 0 aromatic carbocycles. The van der Waals surface area contributed by atoms with Gasteiger partial charge in [0.15, 0.2) is 0 Å². The third kappa shape index (κ3) is 4.72. The Morgan fingerprint density at radius 3 is 2.54 bits per heavy atom. The normalized spacial score (nSPS) is 12.3. The smallest absolute Gasteiger partial charge is 0.317 e. The Bertz CT molecular complexity index is 151. The van der Waals surface area contributed by atoms with E-state index < -0.39 is 0 Å². The number of rotatable bonds is 5. The van der Waals surface area contributed by atoms with E-state index in [1.165, 1.54) is 0 Å². The Balaban J connectivity index is 3.85. The second kappa shape index (κ2) is 6.71. The Morgan fingerprint density at radius 2 is 2.15 bits per heavy atom. The summed E-state index contributed by atoms with van der Waals surface area (Å²) in [6, 6.07) is 0.0225. The summed E-state index contributed by atoms with van der Waals surface area (Å²) in [4.78, 5) is 13.0. The SMILES string of the molecule is CCC(CCO)NC(=O)N(C)CC. The fraction of sp³-hybridized carbons (Fsp3) is 0.889. The van der Waals surface area contributed by atoms with Crippen LogP contribution < -0.4 is 5.32 Å². The molecule has 4 nitrogen and oxygen atoms in total. The maximum atomic E-state index is 11.4. The number of aliphatic hydroxyl groups excluding tert-OH is 1. The summed E-state index contributed by atoms with van der Waals surface area (Å²) in [5.74, 6) is 0. The number of amides is 2. The van der Waals surface area contributed by atoms with Gasteiger partial charge in [-0.1, -0.05) is 6.92 Å². The van der Waals surface area contributed by atoms with Gasteiger partial charge >= 0.3 is 6.03 Å². The summed E-state index contributed by atoms with van der Waals surface area (Å²) in [6.45, 7) is 4.73. The predicted molar refractivity (Wildman–Crippen MR) is 52.6 cm³/mol. The van der Waals surface area contributed by atoms with Gasteiger partial charge in [-0.3, -0.25) is 0 Å². The molecule has 0 heterocycles. The first-order valence-corrected chi connectivity index (χ1v) is 4.78. The van der Waals surface area contributed by atoms with Crippen LogP contribution in [-0.2, 0) is 0 Å². The van der Waals surface area contributed by atoms with E-state index in [2.05, 4.69) is 5.32 Å². The number of hydrogen-bond acceptors (Lipinski definition) is 2. The van der Waals surface area contributed by atoms with Gasteiger partial charge in [0, 0.05) is 26.2 Å². The lowest BCUT2D eigenvalue weighted by atomic mass is 10.2. The number of carbonyl (C=O) groups is 1. The van der Waals surface area contributed by atoms with E-state index in [0.717, 1.165) is 6.42 Å². The molecule has 0 aromatic heterocycles. The van der Waals surface area contributed by atoms with Gasteiger partial charge in [0.05, 0.1) is 0 Å². The number of aliphatic hydroxyl groups is 1. The second-order valence-electron chi connectivity index (χ2n) is 3.08. The monoisotopic (exact) mass is 188 g/mol. The third-order valence-corrected chi connectivity index (χ3v) is 2.12. The number of carbonyl (C=O) groups excluding carboxylic acids is 1. The molecule has 0 fully saturated rings. The summed E-state index contributed by atoms with van der Waals surface area (Å²) >= 11 is 0.